The molecule has 112 valence electrons. The molecule has 0 aromatic heterocycles. The van der Waals surface area contributed by atoms with Crippen molar-refractivity contribution in [2.45, 2.75) is 26.9 Å². The largest absolute Gasteiger partial charge is 0.488 e. The van der Waals surface area contributed by atoms with Crippen molar-refractivity contribution >= 4 is 11.6 Å². The summed E-state index contributed by atoms with van der Waals surface area (Å²) < 4.78 is 6.05. The van der Waals surface area contributed by atoms with E-state index in [9.17, 15) is 0 Å². The van der Waals surface area contributed by atoms with Crippen LogP contribution >= 0.6 is 11.6 Å². The molecule has 0 aliphatic rings. The van der Waals surface area contributed by atoms with Crippen LogP contribution in [0, 0.1) is 13.8 Å². The highest BCUT2D eigenvalue weighted by atomic mass is 35.5. The molecule has 2 aromatic rings. The van der Waals surface area contributed by atoms with Crippen LogP contribution in [-0.2, 0) is 13.0 Å². The molecule has 21 heavy (non-hydrogen) atoms. The number of aryl methyl sites for hydroxylation is 2. The van der Waals surface area contributed by atoms with Gasteiger partial charge in [0.25, 0.3) is 0 Å². The zero-order valence-corrected chi connectivity index (χ0v) is 13.6. The van der Waals surface area contributed by atoms with Gasteiger partial charge in [-0.2, -0.15) is 0 Å². The predicted molar refractivity (Wildman–Crippen MR) is 89.3 cm³/mol. The van der Waals surface area contributed by atoms with Crippen molar-refractivity contribution in [1.82, 2.24) is 5.32 Å². The fraction of sp³-hybridized carbons (Fsp3) is 0.333. The van der Waals surface area contributed by atoms with Gasteiger partial charge in [-0.25, -0.2) is 0 Å². The molecule has 0 spiro atoms. The second-order valence-corrected chi connectivity index (χ2v) is 5.72. The monoisotopic (exact) mass is 303 g/mol. The third-order valence-corrected chi connectivity index (χ3v) is 3.78. The van der Waals surface area contributed by atoms with Gasteiger partial charge in [-0.3, -0.25) is 0 Å². The van der Waals surface area contributed by atoms with E-state index in [1.54, 1.807) is 0 Å². The lowest BCUT2D eigenvalue weighted by molar-refractivity contribution is 0.300. The summed E-state index contributed by atoms with van der Waals surface area (Å²) in [7, 11) is 1.97. The highest BCUT2D eigenvalue weighted by Gasteiger charge is 2.08. The summed E-state index contributed by atoms with van der Waals surface area (Å²) in [4.78, 5) is 0. The van der Waals surface area contributed by atoms with Gasteiger partial charge in [-0.1, -0.05) is 35.9 Å². The predicted octanol–water partition coefficient (Wildman–Crippen LogP) is 4.30. The van der Waals surface area contributed by atoms with Crippen molar-refractivity contribution in [3.63, 3.8) is 0 Å². The highest BCUT2D eigenvalue weighted by Crippen LogP contribution is 2.28. The van der Waals surface area contributed by atoms with Crippen molar-refractivity contribution in [3.8, 4) is 5.75 Å². The van der Waals surface area contributed by atoms with Crippen LogP contribution in [0.2, 0.25) is 5.02 Å². The van der Waals surface area contributed by atoms with E-state index >= 15 is 0 Å². The van der Waals surface area contributed by atoms with Gasteiger partial charge in [0, 0.05) is 5.02 Å². The fourth-order valence-electron chi connectivity index (χ4n) is 2.48. The Hall–Kier alpha value is -1.51. The van der Waals surface area contributed by atoms with E-state index in [0.29, 0.717) is 6.61 Å². The first-order valence-corrected chi connectivity index (χ1v) is 7.60. The molecule has 3 heteroatoms. The lowest BCUT2D eigenvalue weighted by Crippen LogP contribution is -2.12. The van der Waals surface area contributed by atoms with Gasteiger partial charge < -0.3 is 10.1 Å². The molecule has 0 heterocycles. The molecule has 0 atom stereocenters. The molecule has 2 aromatic carbocycles. The lowest BCUT2D eigenvalue weighted by Gasteiger charge is -2.15. The van der Waals surface area contributed by atoms with Crippen LogP contribution in [0.4, 0.5) is 0 Å². The molecule has 2 nitrogen and oxygen atoms in total. The minimum absolute atomic E-state index is 0.587. The Morgan fingerprint density at radius 3 is 2.29 bits per heavy atom. The summed E-state index contributed by atoms with van der Waals surface area (Å²) in [5.74, 6) is 0.933. The number of likely N-dealkylation sites (N-methyl/N-ethyl adjacent to an activating group) is 1. The molecule has 1 N–H and O–H groups in total. The molecule has 0 fully saturated rings. The van der Waals surface area contributed by atoms with Crippen LogP contribution in [0.1, 0.15) is 22.3 Å². The number of rotatable bonds is 6. The van der Waals surface area contributed by atoms with E-state index < -0.39 is 0 Å². The third-order valence-electron chi connectivity index (χ3n) is 3.56. The van der Waals surface area contributed by atoms with E-state index in [2.05, 4.69) is 29.6 Å². The summed E-state index contributed by atoms with van der Waals surface area (Å²) in [5, 5.41) is 3.94. The average Bonchev–Trinajstić information content (AvgIpc) is 2.45. The Balaban J connectivity index is 2.13. The number of nitrogens with one attached hydrogen (secondary N) is 1. The first kappa shape index (κ1) is 15.9. The van der Waals surface area contributed by atoms with Crippen LogP contribution < -0.4 is 10.1 Å². The molecule has 0 radical (unpaired) electrons. The van der Waals surface area contributed by atoms with E-state index in [1.807, 2.05) is 33.0 Å². The molecule has 0 amide bonds. The van der Waals surface area contributed by atoms with Crippen molar-refractivity contribution in [2.24, 2.45) is 0 Å². The maximum atomic E-state index is 6.06. The van der Waals surface area contributed by atoms with E-state index in [4.69, 9.17) is 16.3 Å². The van der Waals surface area contributed by atoms with Gasteiger partial charge in [-0.05, 0) is 68.2 Å². The number of ether oxygens (including phenoxy) is 1. The van der Waals surface area contributed by atoms with Gasteiger partial charge in [0.15, 0.2) is 0 Å². The van der Waals surface area contributed by atoms with E-state index in [-0.39, 0.29) is 0 Å². The van der Waals surface area contributed by atoms with Crippen molar-refractivity contribution in [2.75, 3.05) is 13.6 Å². The minimum atomic E-state index is 0.587. The van der Waals surface area contributed by atoms with Crippen molar-refractivity contribution in [1.29, 1.82) is 0 Å². The third kappa shape index (κ3) is 4.23. The number of benzene rings is 2. The molecule has 0 aliphatic heterocycles. The van der Waals surface area contributed by atoms with Gasteiger partial charge >= 0.3 is 0 Å². The Kier molecular flexibility index (Phi) is 5.66. The lowest BCUT2D eigenvalue weighted by atomic mass is 10.1. The zero-order chi connectivity index (χ0) is 15.2. The highest BCUT2D eigenvalue weighted by molar-refractivity contribution is 6.30. The standard InChI is InChI=1S/C18H22ClNO/c1-13-10-17(19)11-14(2)18(13)21-12-16-7-5-4-6-15(16)8-9-20-3/h4-7,10-11,20H,8-9,12H2,1-3H3. The Morgan fingerprint density at radius 2 is 1.67 bits per heavy atom. The number of halogens is 1. The summed E-state index contributed by atoms with van der Waals surface area (Å²) in [6.07, 6.45) is 1.01. The second kappa shape index (κ2) is 7.48. The van der Waals surface area contributed by atoms with Crippen LogP contribution in [0.25, 0.3) is 0 Å². The fourth-order valence-corrected chi connectivity index (χ4v) is 2.80. The first-order valence-electron chi connectivity index (χ1n) is 7.22. The summed E-state index contributed by atoms with van der Waals surface area (Å²) in [6.45, 7) is 5.61. The maximum Gasteiger partial charge on any atom is 0.125 e. The zero-order valence-electron chi connectivity index (χ0n) is 12.9. The Labute approximate surface area is 132 Å². The van der Waals surface area contributed by atoms with Crippen LogP contribution in [-0.4, -0.2) is 13.6 Å². The van der Waals surface area contributed by atoms with Crippen LogP contribution in [0.15, 0.2) is 36.4 Å². The normalized spacial score (nSPS) is 10.7. The molecule has 0 aliphatic carbocycles. The second-order valence-electron chi connectivity index (χ2n) is 5.28. The smallest absolute Gasteiger partial charge is 0.125 e. The van der Waals surface area contributed by atoms with E-state index in [1.165, 1.54) is 11.1 Å². The number of hydrogen-bond acceptors (Lipinski definition) is 2. The van der Waals surface area contributed by atoms with E-state index in [0.717, 1.165) is 34.9 Å². The molecule has 0 saturated heterocycles. The molecular formula is C18H22ClNO. The van der Waals surface area contributed by atoms with Crippen LogP contribution in [0.5, 0.6) is 5.75 Å². The summed E-state index contributed by atoms with van der Waals surface area (Å²) in [5.41, 5.74) is 4.72. The summed E-state index contributed by atoms with van der Waals surface area (Å²) in [6, 6.07) is 12.3. The topological polar surface area (TPSA) is 21.3 Å². The van der Waals surface area contributed by atoms with Crippen molar-refractivity contribution in [3.05, 3.63) is 63.7 Å². The Bertz CT molecular complexity index is 587. The molecule has 2 rings (SSSR count). The van der Waals surface area contributed by atoms with Gasteiger partial charge in [0.1, 0.15) is 12.4 Å². The Morgan fingerprint density at radius 1 is 1.05 bits per heavy atom. The minimum Gasteiger partial charge on any atom is -0.488 e. The van der Waals surface area contributed by atoms with Gasteiger partial charge in [-0.15, -0.1) is 0 Å². The molecular weight excluding hydrogens is 282 g/mol. The van der Waals surface area contributed by atoms with Gasteiger partial charge in [0.2, 0.25) is 0 Å². The van der Waals surface area contributed by atoms with Crippen LogP contribution in [0.3, 0.4) is 0 Å². The summed E-state index contributed by atoms with van der Waals surface area (Å²) >= 11 is 6.06. The maximum absolute atomic E-state index is 6.06. The quantitative estimate of drug-likeness (QED) is 0.859. The SMILES string of the molecule is CNCCc1ccccc1COc1c(C)cc(Cl)cc1C. The molecule has 0 unspecified atom stereocenters. The van der Waals surface area contributed by atoms with Gasteiger partial charge in [0.05, 0.1) is 0 Å². The number of hydrogen-bond donors (Lipinski definition) is 1. The average molecular weight is 304 g/mol. The molecule has 0 bridgehead atoms. The first-order chi connectivity index (χ1) is 10.1. The molecule has 0 saturated carbocycles. The van der Waals surface area contributed by atoms with Crippen molar-refractivity contribution < 1.29 is 4.74 Å².